The molecule has 3 heteroatoms. The molecule has 0 amide bonds. The van der Waals surface area contributed by atoms with Crippen molar-refractivity contribution in [1.29, 1.82) is 0 Å². The van der Waals surface area contributed by atoms with Crippen molar-refractivity contribution in [3.8, 4) is 0 Å². The van der Waals surface area contributed by atoms with Crippen LogP contribution < -0.4 is 5.73 Å². The zero-order valence-corrected chi connectivity index (χ0v) is 7.86. The third-order valence-corrected chi connectivity index (χ3v) is 1.65. The summed E-state index contributed by atoms with van der Waals surface area (Å²) in [6, 6.07) is 0.536. The van der Waals surface area contributed by atoms with Crippen LogP contribution >= 0.6 is 0 Å². The van der Waals surface area contributed by atoms with Gasteiger partial charge in [-0.2, -0.15) is 0 Å². The van der Waals surface area contributed by atoms with Crippen molar-refractivity contribution in [2.45, 2.75) is 38.1 Å². The third-order valence-electron chi connectivity index (χ3n) is 1.65. The molecule has 1 saturated carbocycles. The zero-order valence-electron chi connectivity index (χ0n) is 5.58. The van der Waals surface area contributed by atoms with E-state index in [9.17, 15) is 0 Å². The molecule has 1 rings (SSSR count). The molecule has 0 bridgehead atoms. The second-order valence-corrected chi connectivity index (χ2v) is 2.40. The molecule has 0 saturated heterocycles. The molecule has 60 valence electrons. The Balaban J connectivity index is 0. The van der Waals surface area contributed by atoms with Crippen molar-refractivity contribution in [1.82, 2.24) is 0 Å². The van der Waals surface area contributed by atoms with Crippen LogP contribution in [0.1, 0.15) is 32.1 Å². The first kappa shape index (κ1) is 12.3. The minimum atomic E-state index is 0. The van der Waals surface area contributed by atoms with E-state index in [0.29, 0.717) is 6.04 Å². The number of nitrogens with two attached hydrogens (primary N) is 2. The summed E-state index contributed by atoms with van der Waals surface area (Å²) >= 11 is 0. The van der Waals surface area contributed by atoms with E-state index in [1.165, 1.54) is 32.1 Å². The molecule has 0 spiro atoms. The fourth-order valence-electron chi connectivity index (χ4n) is 1.13. The Morgan fingerprint density at radius 1 is 1.00 bits per heavy atom. The van der Waals surface area contributed by atoms with E-state index < -0.39 is 0 Å². The van der Waals surface area contributed by atoms with Crippen LogP contribution in [-0.4, -0.2) is 6.04 Å². The van der Waals surface area contributed by atoms with E-state index in [0.717, 1.165) is 0 Å². The number of hydrogen-bond donors (Lipinski definition) is 1. The largest absolute Gasteiger partial charge is 0.693 e. The van der Waals surface area contributed by atoms with Gasteiger partial charge in [0, 0.05) is 27.1 Å². The number of rotatable bonds is 0. The molecule has 0 heterocycles. The van der Waals surface area contributed by atoms with Gasteiger partial charge in [0.2, 0.25) is 0 Å². The van der Waals surface area contributed by atoms with E-state index >= 15 is 0 Å². The SMILES string of the molecule is NC1CCCCC1.[NH2-].[Pt]. The molecular formula is C6H15N2Pt-. The molecule has 0 radical (unpaired) electrons. The van der Waals surface area contributed by atoms with Crippen LogP contribution in [0.15, 0.2) is 0 Å². The fourth-order valence-corrected chi connectivity index (χ4v) is 1.13. The Morgan fingerprint density at radius 3 is 1.67 bits per heavy atom. The van der Waals surface area contributed by atoms with Crippen molar-refractivity contribution in [2.24, 2.45) is 5.73 Å². The Kier molecular flexibility index (Phi) is 9.19. The van der Waals surface area contributed by atoms with Gasteiger partial charge in [0.1, 0.15) is 0 Å². The molecule has 0 unspecified atom stereocenters. The summed E-state index contributed by atoms with van der Waals surface area (Å²) in [7, 11) is 0. The van der Waals surface area contributed by atoms with E-state index in [4.69, 9.17) is 5.73 Å². The van der Waals surface area contributed by atoms with Gasteiger partial charge in [-0.1, -0.05) is 19.3 Å². The van der Waals surface area contributed by atoms with Crippen molar-refractivity contribution in [2.75, 3.05) is 0 Å². The number of hydrogen-bond acceptors (Lipinski definition) is 1. The maximum atomic E-state index is 5.63. The molecule has 0 aromatic rings. The van der Waals surface area contributed by atoms with Crippen molar-refractivity contribution in [3.63, 3.8) is 0 Å². The van der Waals surface area contributed by atoms with Crippen LogP contribution in [0.3, 0.4) is 0 Å². The van der Waals surface area contributed by atoms with E-state index in [-0.39, 0.29) is 27.2 Å². The second-order valence-electron chi connectivity index (χ2n) is 2.40. The fraction of sp³-hybridized carbons (Fsp3) is 1.00. The zero-order chi connectivity index (χ0) is 5.11. The van der Waals surface area contributed by atoms with Crippen LogP contribution in [0.4, 0.5) is 0 Å². The van der Waals surface area contributed by atoms with Crippen molar-refractivity contribution in [3.05, 3.63) is 6.15 Å². The Hall–Kier alpha value is 0.608. The maximum absolute atomic E-state index is 5.63. The second kappa shape index (κ2) is 6.72. The molecule has 0 aromatic carbocycles. The molecule has 1 aliphatic rings. The van der Waals surface area contributed by atoms with E-state index in [1.54, 1.807) is 0 Å². The summed E-state index contributed by atoms with van der Waals surface area (Å²) in [4.78, 5) is 0. The van der Waals surface area contributed by atoms with Crippen LogP contribution in [0.5, 0.6) is 0 Å². The summed E-state index contributed by atoms with van der Waals surface area (Å²) < 4.78 is 0. The molecule has 1 fully saturated rings. The molecule has 2 nitrogen and oxygen atoms in total. The predicted molar refractivity (Wildman–Crippen MR) is 36.3 cm³/mol. The average molecular weight is 310 g/mol. The van der Waals surface area contributed by atoms with Crippen LogP contribution in [-0.2, 0) is 21.1 Å². The van der Waals surface area contributed by atoms with Gasteiger partial charge in [0.15, 0.2) is 0 Å². The summed E-state index contributed by atoms with van der Waals surface area (Å²) in [6.45, 7) is 0. The van der Waals surface area contributed by atoms with Gasteiger partial charge in [0.25, 0.3) is 0 Å². The molecule has 4 N–H and O–H groups in total. The van der Waals surface area contributed by atoms with Gasteiger partial charge in [-0.15, -0.1) is 0 Å². The standard InChI is InChI=1S/C6H13N.H2N.Pt/c7-6-4-2-1-3-5-6;;/h6H,1-5,7H2;1H2;/q;-1;. The minimum absolute atomic E-state index is 0. The molecule has 1 aliphatic carbocycles. The predicted octanol–water partition coefficient (Wildman–Crippen LogP) is 1.99. The average Bonchev–Trinajstić information content (AvgIpc) is 1.69. The van der Waals surface area contributed by atoms with Crippen LogP contribution in [0.2, 0.25) is 0 Å². The van der Waals surface area contributed by atoms with E-state index in [2.05, 4.69) is 0 Å². The van der Waals surface area contributed by atoms with Crippen LogP contribution in [0, 0.1) is 0 Å². The van der Waals surface area contributed by atoms with Crippen molar-refractivity contribution >= 4 is 0 Å². The van der Waals surface area contributed by atoms with E-state index in [1.807, 2.05) is 0 Å². The molecule has 0 aliphatic heterocycles. The minimum Gasteiger partial charge on any atom is -0.693 e. The van der Waals surface area contributed by atoms with Gasteiger partial charge < -0.3 is 11.9 Å². The Bertz CT molecular complexity index is 53.0. The van der Waals surface area contributed by atoms with Gasteiger partial charge in [-0.3, -0.25) is 0 Å². The topological polar surface area (TPSA) is 59.5 Å². The van der Waals surface area contributed by atoms with Gasteiger partial charge in [-0.05, 0) is 12.8 Å². The molecule has 9 heavy (non-hydrogen) atoms. The third kappa shape index (κ3) is 5.07. The van der Waals surface area contributed by atoms with Gasteiger partial charge >= 0.3 is 0 Å². The summed E-state index contributed by atoms with van der Waals surface area (Å²) in [5.41, 5.74) is 5.63. The quantitative estimate of drug-likeness (QED) is 0.731. The normalized spacial score (nSPS) is 19.7. The summed E-state index contributed by atoms with van der Waals surface area (Å²) in [5, 5.41) is 0. The molecule has 0 aromatic heterocycles. The molecular weight excluding hydrogens is 295 g/mol. The van der Waals surface area contributed by atoms with Crippen LogP contribution in [0.25, 0.3) is 6.15 Å². The Labute approximate surface area is 71.4 Å². The van der Waals surface area contributed by atoms with Gasteiger partial charge in [0.05, 0.1) is 0 Å². The summed E-state index contributed by atoms with van der Waals surface area (Å²) in [6.07, 6.45) is 6.66. The first-order chi connectivity index (χ1) is 3.39. The van der Waals surface area contributed by atoms with Gasteiger partial charge in [-0.25, -0.2) is 0 Å². The Morgan fingerprint density at radius 2 is 1.44 bits per heavy atom. The first-order valence-corrected chi connectivity index (χ1v) is 3.15. The maximum Gasteiger partial charge on any atom is 0.00388 e. The monoisotopic (exact) mass is 310 g/mol. The summed E-state index contributed by atoms with van der Waals surface area (Å²) in [5.74, 6) is 0. The smallest absolute Gasteiger partial charge is 0.00388 e. The van der Waals surface area contributed by atoms with Crippen molar-refractivity contribution < 1.29 is 21.1 Å². The molecule has 0 atom stereocenters. The first-order valence-electron chi connectivity index (χ1n) is 3.15.